The summed E-state index contributed by atoms with van der Waals surface area (Å²) in [6.45, 7) is 0. The van der Waals surface area contributed by atoms with E-state index in [1.807, 2.05) is 0 Å². The van der Waals surface area contributed by atoms with E-state index in [1.165, 1.54) is 19.2 Å². The maximum absolute atomic E-state index is 12.1. The Morgan fingerprint density at radius 2 is 1.86 bits per heavy atom. The number of hydrogen-bond donors (Lipinski definition) is 1. The fourth-order valence-electron chi connectivity index (χ4n) is 3.35. The van der Waals surface area contributed by atoms with Gasteiger partial charge in [0.25, 0.3) is 0 Å². The van der Waals surface area contributed by atoms with E-state index in [1.54, 1.807) is 42.5 Å². The molecule has 138 valence electrons. The predicted octanol–water partition coefficient (Wildman–Crippen LogP) is 4.08. The molecule has 0 amide bonds. The lowest BCUT2D eigenvalue weighted by atomic mass is 9.89. The Balaban J connectivity index is 2.24. The number of aldehydes is 1. The first-order chi connectivity index (χ1) is 13.5. The second-order valence-electron chi connectivity index (χ2n) is 6.16. The van der Waals surface area contributed by atoms with Crippen LogP contribution in [-0.2, 0) is 0 Å². The number of fused-ring (bicyclic) bond motifs is 2. The molecule has 0 unspecified atom stereocenters. The molecular formula is C22H14O6. The van der Waals surface area contributed by atoms with Crippen LogP contribution in [0.25, 0.3) is 33.4 Å². The minimum absolute atomic E-state index is 0.103. The Morgan fingerprint density at radius 3 is 2.57 bits per heavy atom. The van der Waals surface area contributed by atoms with Crippen molar-refractivity contribution in [3.8, 4) is 28.2 Å². The lowest BCUT2D eigenvalue weighted by molar-refractivity contribution is 0.0697. The molecule has 28 heavy (non-hydrogen) atoms. The van der Waals surface area contributed by atoms with E-state index in [-0.39, 0.29) is 16.9 Å². The van der Waals surface area contributed by atoms with Crippen LogP contribution in [0.1, 0.15) is 20.7 Å². The van der Waals surface area contributed by atoms with Crippen molar-refractivity contribution in [1.82, 2.24) is 0 Å². The van der Waals surface area contributed by atoms with E-state index in [0.29, 0.717) is 39.7 Å². The number of carbonyl (C=O) groups excluding carboxylic acids is 1. The highest BCUT2D eigenvalue weighted by Crippen LogP contribution is 2.42. The second kappa shape index (κ2) is 6.66. The second-order valence-corrected chi connectivity index (χ2v) is 6.16. The molecule has 2 aromatic carbocycles. The molecule has 0 spiro atoms. The van der Waals surface area contributed by atoms with Crippen LogP contribution in [0.2, 0.25) is 0 Å². The normalized spacial score (nSPS) is 10.9. The first-order valence-corrected chi connectivity index (χ1v) is 8.40. The molecule has 1 aliphatic carbocycles. The maximum Gasteiger partial charge on any atom is 0.336 e. The first kappa shape index (κ1) is 17.5. The van der Waals surface area contributed by atoms with Crippen LogP contribution in [0.4, 0.5) is 0 Å². The van der Waals surface area contributed by atoms with Crippen molar-refractivity contribution >= 4 is 23.2 Å². The Labute approximate surface area is 158 Å². The first-order valence-electron chi connectivity index (χ1n) is 8.40. The number of carbonyl (C=O) groups is 2. The number of ether oxygens (including phenoxy) is 1. The van der Waals surface area contributed by atoms with Crippen molar-refractivity contribution in [3.63, 3.8) is 0 Å². The number of aromatic carboxylic acids is 1. The molecule has 0 atom stereocenters. The Morgan fingerprint density at radius 1 is 1.07 bits per heavy atom. The number of rotatable bonds is 4. The molecule has 1 aliphatic heterocycles. The average molecular weight is 374 g/mol. The van der Waals surface area contributed by atoms with Gasteiger partial charge in [-0.25, -0.2) is 4.79 Å². The predicted molar refractivity (Wildman–Crippen MR) is 103 cm³/mol. The Hall–Kier alpha value is -3.93. The van der Waals surface area contributed by atoms with Gasteiger partial charge in [0, 0.05) is 22.6 Å². The van der Waals surface area contributed by atoms with Gasteiger partial charge < -0.3 is 14.3 Å². The van der Waals surface area contributed by atoms with Gasteiger partial charge >= 0.3 is 5.97 Å². The molecule has 0 fully saturated rings. The summed E-state index contributed by atoms with van der Waals surface area (Å²) in [5.74, 6) is -0.445. The molecule has 0 saturated heterocycles. The zero-order valence-electron chi connectivity index (χ0n) is 14.8. The van der Waals surface area contributed by atoms with Gasteiger partial charge in [-0.1, -0.05) is 18.2 Å². The molecule has 6 nitrogen and oxygen atoms in total. The summed E-state index contributed by atoms with van der Waals surface area (Å²) >= 11 is 0. The molecular weight excluding hydrogens is 360 g/mol. The molecule has 0 aromatic heterocycles. The van der Waals surface area contributed by atoms with Crippen molar-refractivity contribution in [2.75, 3.05) is 7.11 Å². The van der Waals surface area contributed by atoms with E-state index in [4.69, 9.17) is 9.15 Å². The maximum atomic E-state index is 12.1. The fraction of sp³-hybridized carbons (Fsp3) is 0.0455. The molecule has 1 N–H and O–H groups in total. The third-order valence-electron chi connectivity index (χ3n) is 4.64. The van der Waals surface area contributed by atoms with Gasteiger partial charge in [0.05, 0.1) is 12.7 Å². The van der Waals surface area contributed by atoms with Crippen LogP contribution >= 0.6 is 0 Å². The summed E-state index contributed by atoms with van der Waals surface area (Å²) in [4.78, 5) is 35.5. The highest BCUT2D eigenvalue weighted by Gasteiger charge is 2.24. The van der Waals surface area contributed by atoms with Crippen LogP contribution in [-0.4, -0.2) is 24.5 Å². The number of methoxy groups -OCH3 is 1. The van der Waals surface area contributed by atoms with Gasteiger partial charge in [-0.15, -0.1) is 0 Å². The molecule has 2 aliphatic rings. The highest BCUT2D eigenvalue weighted by molar-refractivity contribution is 6.08. The number of hydrogen-bond acceptors (Lipinski definition) is 5. The molecule has 6 heteroatoms. The number of carboxylic acids is 1. The largest absolute Gasteiger partial charge is 0.497 e. The third-order valence-corrected chi connectivity index (χ3v) is 4.64. The molecule has 0 saturated carbocycles. The zero-order chi connectivity index (χ0) is 19.8. The quantitative estimate of drug-likeness (QED) is 0.427. The van der Waals surface area contributed by atoms with Crippen LogP contribution in [0.3, 0.4) is 0 Å². The fourth-order valence-corrected chi connectivity index (χ4v) is 3.35. The summed E-state index contributed by atoms with van der Waals surface area (Å²) < 4.78 is 11.1. The lowest BCUT2D eigenvalue weighted by Crippen LogP contribution is -2.10. The van der Waals surface area contributed by atoms with Crippen LogP contribution in [0.5, 0.6) is 5.75 Å². The standard InChI is InChI=1S/C22H14O6/c1-27-12-6-7-15-19(10-12)28-21-16(8-9-18(24)17(21)11-23)20(15)13-4-2-3-5-14(13)22(25)26/h2-11H,1H3,(H,25,26). The van der Waals surface area contributed by atoms with Crippen molar-refractivity contribution in [3.05, 3.63) is 75.9 Å². The topological polar surface area (TPSA) is 93.8 Å². The van der Waals surface area contributed by atoms with Gasteiger partial charge in [0.15, 0.2) is 11.7 Å². The lowest BCUT2D eigenvalue weighted by Gasteiger charge is -2.17. The van der Waals surface area contributed by atoms with E-state index >= 15 is 0 Å². The van der Waals surface area contributed by atoms with Gasteiger partial charge in [-0.3, -0.25) is 9.59 Å². The molecule has 1 heterocycles. The minimum atomic E-state index is -1.08. The van der Waals surface area contributed by atoms with Crippen molar-refractivity contribution in [2.45, 2.75) is 0 Å². The Bertz CT molecular complexity index is 1270. The van der Waals surface area contributed by atoms with Gasteiger partial charge in [-0.05, 0) is 35.9 Å². The zero-order valence-corrected chi connectivity index (χ0v) is 14.8. The number of carboxylic acid groups (broad SMARTS) is 1. The van der Waals surface area contributed by atoms with Gasteiger partial charge in [-0.2, -0.15) is 0 Å². The van der Waals surface area contributed by atoms with Gasteiger partial charge in [0.2, 0.25) is 0 Å². The van der Waals surface area contributed by atoms with Crippen LogP contribution < -0.4 is 10.2 Å². The summed E-state index contributed by atoms with van der Waals surface area (Å²) in [5.41, 5.74) is 1.40. The summed E-state index contributed by atoms with van der Waals surface area (Å²) in [7, 11) is 1.51. The monoisotopic (exact) mass is 374 g/mol. The van der Waals surface area contributed by atoms with Gasteiger partial charge in [0.1, 0.15) is 22.7 Å². The summed E-state index contributed by atoms with van der Waals surface area (Å²) in [5, 5.41) is 10.3. The summed E-state index contributed by atoms with van der Waals surface area (Å²) in [6, 6.07) is 14.5. The highest BCUT2D eigenvalue weighted by atomic mass is 16.5. The average Bonchev–Trinajstić information content (AvgIpc) is 2.71. The van der Waals surface area contributed by atoms with E-state index in [9.17, 15) is 19.5 Å². The number of benzene rings is 3. The Kier molecular flexibility index (Phi) is 4.16. The van der Waals surface area contributed by atoms with Crippen LogP contribution in [0, 0.1) is 0 Å². The molecule has 0 radical (unpaired) electrons. The minimum Gasteiger partial charge on any atom is -0.497 e. The molecule has 2 aromatic rings. The SMILES string of the molecule is COc1ccc2c(-c3ccccc3C(=O)O)c3ccc(=O)c(C=O)c-3oc2c1. The van der Waals surface area contributed by atoms with E-state index in [0.717, 1.165) is 0 Å². The van der Waals surface area contributed by atoms with Crippen molar-refractivity contribution in [1.29, 1.82) is 0 Å². The molecule has 0 bridgehead atoms. The smallest absolute Gasteiger partial charge is 0.336 e. The van der Waals surface area contributed by atoms with E-state index < -0.39 is 11.4 Å². The van der Waals surface area contributed by atoms with Crippen molar-refractivity contribution < 1.29 is 23.8 Å². The molecule has 4 rings (SSSR count). The van der Waals surface area contributed by atoms with E-state index in [2.05, 4.69) is 0 Å². The third kappa shape index (κ3) is 2.63. The van der Waals surface area contributed by atoms with Crippen LogP contribution in [0.15, 0.2) is 63.8 Å². The summed E-state index contributed by atoms with van der Waals surface area (Å²) in [6.07, 6.45) is 0.451. The van der Waals surface area contributed by atoms with Crippen molar-refractivity contribution in [2.24, 2.45) is 0 Å².